The molecule has 0 aliphatic carbocycles. The van der Waals surface area contributed by atoms with E-state index in [1.54, 1.807) is 24.3 Å². The molecule has 0 aliphatic heterocycles. The third-order valence-electron chi connectivity index (χ3n) is 4.88. The highest BCUT2D eigenvalue weighted by Crippen LogP contribution is 2.19. The topological polar surface area (TPSA) is 78.4 Å². The Labute approximate surface area is 160 Å². The molecule has 0 fully saturated rings. The minimum absolute atomic E-state index is 0.0474. The molecule has 144 valence electrons. The Hall–Kier alpha value is -2.66. The average molecular weight is 368 g/mol. The molecule has 0 saturated heterocycles. The van der Waals surface area contributed by atoms with E-state index < -0.39 is 11.5 Å². The molecule has 0 aliphatic rings. The van der Waals surface area contributed by atoms with E-state index >= 15 is 0 Å². The summed E-state index contributed by atoms with van der Waals surface area (Å²) in [6.07, 6.45) is 0.386. The molecular weight excluding hydrogens is 340 g/mol. The van der Waals surface area contributed by atoms with Crippen molar-refractivity contribution in [3.8, 4) is 0 Å². The summed E-state index contributed by atoms with van der Waals surface area (Å²) in [5.74, 6) is -0.557. The number of hydrogen-bond acceptors (Lipinski definition) is 3. The Bertz CT molecular complexity index is 745. The number of carbonyl (C=O) groups is 2. The molecule has 0 aromatic heterocycles. The molecule has 0 spiro atoms. The molecule has 3 N–H and O–H groups in total. The van der Waals surface area contributed by atoms with Crippen LogP contribution in [0, 0.1) is 5.41 Å². The summed E-state index contributed by atoms with van der Waals surface area (Å²) in [6, 6.07) is 17.4. The van der Waals surface area contributed by atoms with E-state index in [0.29, 0.717) is 12.0 Å². The lowest BCUT2D eigenvalue weighted by Crippen LogP contribution is -2.53. The second-order valence-corrected chi connectivity index (χ2v) is 7.46. The minimum atomic E-state index is -0.711. The van der Waals surface area contributed by atoms with Crippen LogP contribution in [0.1, 0.15) is 36.7 Å². The van der Waals surface area contributed by atoms with Gasteiger partial charge in [0.1, 0.15) is 6.04 Å². The molecule has 27 heavy (non-hydrogen) atoms. The second kappa shape index (κ2) is 9.33. The molecule has 0 unspecified atom stereocenters. The first kappa shape index (κ1) is 20.6. The monoisotopic (exact) mass is 368 g/mol. The second-order valence-electron chi connectivity index (χ2n) is 7.46. The van der Waals surface area contributed by atoms with Crippen molar-refractivity contribution in [3.63, 3.8) is 0 Å². The third kappa shape index (κ3) is 5.93. The number of aliphatic hydroxyl groups is 1. The van der Waals surface area contributed by atoms with Crippen LogP contribution in [0.4, 0.5) is 0 Å². The smallest absolute Gasteiger partial charge is 0.251 e. The normalized spacial score (nSPS) is 13.5. The van der Waals surface area contributed by atoms with Gasteiger partial charge in [-0.25, -0.2) is 0 Å². The van der Waals surface area contributed by atoms with Crippen molar-refractivity contribution in [2.45, 2.75) is 39.3 Å². The predicted molar refractivity (Wildman–Crippen MR) is 106 cm³/mol. The third-order valence-corrected chi connectivity index (χ3v) is 4.88. The first-order valence-electron chi connectivity index (χ1n) is 9.14. The van der Waals surface area contributed by atoms with Crippen LogP contribution in [0.2, 0.25) is 0 Å². The van der Waals surface area contributed by atoms with Gasteiger partial charge in [0.25, 0.3) is 5.91 Å². The Morgan fingerprint density at radius 3 is 2.07 bits per heavy atom. The molecule has 5 nitrogen and oxygen atoms in total. The summed E-state index contributed by atoms with van der Waals surface area (Å²) in [5, 5.41) is 15.3. The SMILES string of the molecule is C[C@@H](NC(=O)[C@H](Cc1ccccc1)NC(=O)c1ccccc1)C(C)(C)CO. The predicted octanol–water partition coefficient (Wildman–Crippen LogP) is 2.55. The van der Waals surface area contributed by atoms with Crippen LogP contribution in [0.15, 0.2) is 60.7 Å². The Morgan fingerprint density at radius 2 is 1.52 bits per heavy atom. The van der Waals surface area contributed by atoms with Crippen molar-refractivity contribution in [1.29, 1.82) is 0 Å². The Kier molecular flexibility index (Phi) is 7.13. The van der Waals surface area contributed by atoms with Gasteiger partial charge in [0.05, 0.1) is 6.61 Å². The highest BCUT2D eigenvalue weighted by atomic mass is 16.3. The summed E-state index contributed by atoms with van der Waals surface area (Å²) < 4.78 is 0. The van der Waals surface area contributed by atoms with E-state index in [0.717, 1.165) is 5.56 Å². The molecule has 0 radical (unpaired) electrons. The molecular formula is C22H28N2O3. The largest absolute Gasteiger partial charge is 0.396 e. The standard InChI is InChI=1S/C22H28N2O3/c1-16(22(2,3)15-25)23-21(27)19(14-17-10-6-4-7-11-17)24-20(26)18-12-8-5-9-13-18/h4-13,16,19,25H,14-15H2,1-3H3,(H,23,27)(H,24,26)/t16-,19+/m1/s1. The van der Waals surface area contributed by atoms with Gasteiger partial charge in [0, 0.05) is 23.4 Å². The van der Waals surface area contributed by atoms with E-state index in [1.165, 1.54) is 0 Å². The maximum absolute atomic E-state index is 12.9. The highest BCUT2D eigenvalue weighted by Gasteiger charge is 2.29. The Balaban J connectivity index is 2.16. The average Bonchev–Trinajstić information content (AvgIpc) is 2.68. The van der Waals surface area contributed by atoms with Gasteiger partial charge in [-0.1, -0.05) is 62.4 Å². The maximum atomic E-state index is 12.9. The van der Waals surface area contributed by atoms with Gasteiger partial charge in [0.15, 0.2) is 0 Å². The fourth-order valence-corrected chi connectivity index (χ4v) is 2.54. The highest BCUT2D eigenvalue weighted by molar-refractivity contribution is 5.97. The number of hydrogen-bond donors (Lipinski definition) is 3. The van der Waals surface area contributed by atoms with Crippen molar-refractivity contribution in [1.82, 2.24) is 10.6 Å². The van der Waals surface area contributed by atoms with Crippen LogP contribution >= 0.6 is 0 Å². The fourth-order valence-electron chi connectivity index (χ4n) is 2.54. The lowest BCUT2D eigenvalue weighted by atomic mass is 9.86. The van der Waals surface area contributed by atoms with Gasteiger partial charge in [0.2, 0.25) is 5.91 Å². The van der Waals surface area contributed by atoms with Crippen molar-refractivity contribution < 1.29 is 14.7 Å². The molecule has 2 rings (SSSR count). The summed E-state index contributed by atoms with van der Waals surface area (Å²) in [6.45, 7) is 5.57. The molecule has 0 bridgehead atoms. The summed E-state index contributed by atoms with van der Waals surface area (Å²) in [5.41, 5.74) is 1.00. The summed E-state index contributed by atoms with van der Waals surface area (Å²) in [4.78, 5) is 25.4. The number of aliphatic hydroxyl groups excluding tert-OH is 1. The van der Waals surface area contributed by atoms with Crippen molar-refractivity contribution in [2.24, 2.45) is 5.41 Å². The fraction of sp³-hybridized carbons (Fsp3) is 0.364. The lowest BCUT2D eigenvalue weighted by molar-refractivity contribution is -0.124. The summed E-state index contributed by atoms with van der Waals surface area (Å²) >= 11 is 0. The van der Waals surface area contributed by atoms with Crippen LogP contribution < -0.4 is 10.6 Å². The zero-order chi connectivity index (χ0) is 19.9. The number of nitrogens with one attached hydrogen (secondary N) is 2. The van der Waals surface area contributed by atoms with Crippen LogP contribution in [-0.2, 0) is 11.2 Å². The van der Waals surface area contributed by atoms with Gasteiger partial charge >= 0.3 is 0 Å². The molecule has 5 heteroatoms. The van der Waals surface area contributed by atoms with E-state index in [-0.39, 0.29) is 24.5 Å². The minimum Gasteiger partial charge on any atom is -0.396 e. The van der Waals surface area contributed by atoms with Crippen molar-refractivity contribution >= 4 is 11.8 Å². The number of amides is 2. The number of carbonyl (C=O) groups excluding carboxylic acids is 2. The Morgan fingerprint density at radius 1 is 0.963 bits per heavy atom. The van der Waals surface area contributed by atoms with Gasteiger partial charge in [-0.3, -0.25) is 9.59 Å². The van der Waals surface area contributed by atoms with E-state index in [1.807, 2.05) is 57.2 Å². The zero-order valence-electron chi connectivity index (χ0n) is 16.1. The summed E-state index contributed by atoms with van der Waals surface area (Å²) in [7, 11) is 0. The number of benzene rings is 2. The first-order chi connectivity index (χ1) is 12.8. The zero-order valence-corrected chi connectivity index (χ0v) is 16.1. The van der Waals surface area contributed by atoms with Gasteiger partial charge in [-0.2, -0.15) is 0 Å². The number of rotatable bonds is 8. The molecule has 2 atom stereocenters. The van der Waals surface area contributed by atoms with Crippen LogP contribution in [0.5, 0.6) is 0 Å². The molecule has 0 saturated carbocycles. The van der Waals surface area contributed by atoms with Gasteiger partial charge < -0.3 is 15.7 Å². The van der Waals surface area contributed by atoms with Crippen molar-refractivity contribution in [3.05, 3.63) is 71.8 Å². The van der Waals surface area contributed by atoms with Crippen molar-refractivity contribution in [2.75, 3.05) is 6.61 Å². The maximum Gasteiger partial charge on any atom is 0.251 e. The van der Waals surface area contributed by atoms with E-state index in [4.69, 9.17) is 0 Å². The van der Waals surface area contributed by atoms with E-state index in [2.05, 4.69) is 10.6 Å². The molecule has 2 amide bonds. The molecule has 2 aromatic rings. The molecule has 2 aromatic carbocycles. The van der Waals surface area contributed by atoms with Gasteiger partial charge in [-0.15, -0.1) is 0 Å². The van der Waals surface area contributed by atoms with Gasteiger partial charge in [-0.05, 0) is 24.6 Å². The van der Waals surface area contributed by atoms with Crippen LogP contribution in [0.25, 0.3) is 0 Å². The lowest BCUT2D eigenvalue weighted by Gasteiger charge is -2.31. The molecule has 0 heterocycles. The van der Waals surface area contributed by atoms with Crippen LogP contribution in [0.3, 0.4) is 0 Å². The van der Waals surface area contributed by atoms with Crippen LogP contribution in [-0.4, -0.2) is 35.6 Å². The quantitative estimate of drug-likeness (QED) is 0.670. The van der Waals surface area contributed by atoms with E-state index in [9.17, 15) is 14.7 Å². The first-order valence-corrected chi connectivity index (χ1v) is 9.14.